The number of hydrogen-bond acceptors (Lipinski definition) is 2. The average Bonchev–Trinajstić information content (AvgIpc) is 2.31. The van der Waals surface area contributed by atoms with Crippen LogP contribution >= 0.6 is 11.6 Å². The second-order valence-electron chi connectivity index (χ2n) is 4.62. The van der Waals surface area contributed by atoms with Crippen molar-refractivity contribution in [1.82, 2.24) is 5.32 Å². The molecule has 0 saturated heterocycles. The summed E-state index contributed by atoms with van der Waals surface area (Å²) >= 11 is 5.57. The van der Waals surface area contributed by atoms with Crippen molar-refractivity contribution in [1.29, 1.82) is 0 Å². The fraction of sp³-hybridized carbons (Fsp3) is 0.385. The lowest BCUT2D eigenvalue weighted by molar-refractivity contribution is -0.139. The molecule has 1 aromatic rings. The van der Waals surface area contributed by atoms with Gasteiger partial charge in [-0.2, -0.15) is 0 Å². The van der Waals surface area contributed by atoms with Gasteiger partial charge in [0.1, 0.15) is 11.9 Å². The lowest BCUT2D eigenvalue weighted by atomic mass is 10.0. The molecular formula is C13H15ClFNO3. The standard InChI is InChI=1S/C13H15ClFNO3/c1-7(2)5-11(13(18)19)16-12(17)8-3-4-10(15)9(14)6-8/h3-4,6-7,11H,5H2,1-2H3,(H,16,17)(H,18,19). The van der Waals surface area contributed by atoms with Crippen LogP contribution in [0, 0.1) is 11.7 Å². The van der Waals surface area contributed by atoms with E-state index in [1.54, 1.807) is 0 Å². The smallest absolute Gasteiger partial charge is 0.326 e. The number of carbonyl (C=O) groups is 2. The molecule has 0 bridgehead atoms. The Labute approximate surface area is 115 Å². The molecule has 1 rings (SSSR count). The number of aliphatic carboxylic acids is 1. The number of amides is 1. The van der Waals surface area contributed by atoms with Gasteiger partial charge in [-0.05, 0) is 30.5 Å². The predicted octanol–water partition coefficient (Wildman–Crippen LogP) is 2.71. The maximum absolute atomic E-state index is 13.0. The third-order valence-corrected chi connectivity index (χ3v) is 2.78. The van der Waals surface area contributed by atoms with Crippen molar-refractivity contribution in [2.24, 2.45) is 5.92 Å². The molecular weight excluding hydrogens is 273 g/mol. The van der Waals surface area contributed by atoms with Crippen LogP contribution in [0.25, 0.3) is 0 Å². The summed E-state index contributed by atoms with van der Waals surface area (Å²) in [6.07, 6.45) is 0.315. The maximum Gasteiger partial charge on any atom is 0.326 e. The number of benzene rings is 1. The number of carbonyl (C=O) groups excluding carboxylic acids is 1. The Bertz CT molecular complexity index is 491. The molecule has 0 spiro atoms. The second kappa shape index (κ2) is 6.52. The summed E-state index contributed by atoms with van der Waals surface area (Å²) in [6, 6.07) is 2.51. The van der Waals surface area contributed by atoms with Crippen LogP contribution in [-0.2, 0) is 4.79 Å². The highest BCUT2D eigenvalue weighted by atomic mass is 35.5. The minimum atomic E-state index is -1.10. The first-order valence-corrected chi connectivity index (χ1v) is 6.17. The Morgan fingerprint density at radius 3 is 2.53 bits per heavy atom. The van der Waals surface area contributed by atoms with E-state index in [4.69, 9.17) is 16.7 Å². The zero-order valence-corrected chi connectivity index (χ0v) is 11.4. The highest BCUT2D eigenvalue weighted by Gasteiger charge is 2.22. The number of carboxylic acid groups (broad SMARTS) is 1. The Balaban J connectivity index is 2.81. The van der Waals surface area contributed by atoms with Crippen LogP contribution in [0.4, 0.5) is 4.39 Å². The fourth-order valence-electron chi connectivity index (χ4n) is 1.57. The van der Waals surface area contributed by atoms with Gasteiger partial charge in [-0.1, -0.05) is 25.4 Å². The fourth-order valence-corrected chi connectivity index (χ4v) is 1.75. The minimum absolute atomic E-state index is 0.123. The molecule has 104 valence electrons. The van der Waals surface area contributed by atoms with E-state index in [-0.39, 0.29) is 16.5 Å². The van der Waals surface area contributed by atoms with Crippen molar-refractivity contribution in [2.75, 3.05) is 0 Å². The van der Waals surface area contributed by atoms with E-state index in [2.05, 4.69) is 5.32 Å². The van der Waals surface area contributed by atoms with E-state index < -0.39 is 23.7 Å². The van der Waals surface area contributed by atoms with Crippen molar-refractivity contribution >= 4 is 23.5 Å². The maximum atomic E-state index is 13.0. The molecule has 2 N–H and O–H groups in total. The van der Waals surface area contributed by atoms with Crippen molar-refractivity contribution in [2.45, 2.75) is 26.3 Å². The van der Waals surface area contributed by atoms with Crippen LogP contribution < -0.4 is 5.32 Å². The van der Waals surface area contributed by atoms with Gasteiger partial charge in [-0.15, -0.1) is 0 Å². The molecule has 0 aliphatic rings. The summed E-state index contributed by atoms with van der Waals surface area (Å²) < 4.78 is 13.0. The molecule has 1 unspecified atom stereocenters. The van der Waals surface area contributed by atoms with Gasteiger partial charge < -0.3 is 10.4 Å². The summed E-state index contributed by atoms with van der Waals surface area (Å²) in [5.74, 6) is -2.20. The van der Waals surface area contributed by atoms with Gasteiger partial charge >= 0.3 is 5.97 Å². The van der Waals surface area contributed by atoms with Crippen molar-refractivity contribution in [3.8, 4) is 0 Å². The van der Waals surface area contributed by atoms with Crippen molar-refractivity contribution in [3.05, 3.63) is 34.6 Å². The average molecular weight is 288 g/mol. The zero-order valence-electron chi connectivity index (χ0n) is 10.6. The third kappa shape index (κ3) is 4.52. The van der Waals surface area contributed by atoms with Crippen LogP contribution in [0.1, 0.15) is 30.6 Å². The highest BCUT2D eigenvalue weighted by molar-refractivity contribution is 6.31. The van der Waals surface area contributed by atoms with Crippen LogP contribution in [0.3, 0.4) is 0 Å². The molecule has 0 fully saturated rings. The van der Waals surface area contributed by atoms with Gasteiger partial charge in [0.2, 0.25) is 0 Å². The van der Waals surface area contributed by atoms with Gasteiger partial charge in [0.15, 0.2) is 0 Å². The van der Waals surface area contributed by atoms with E-state index in [1.165, 1.54) is 12.1 Å². The lowest BCUT2D eigenvalue weighted by Gasteiger charge is -2.16. The van der Waals surface area contributed by atoms with Crippen molar-refractivity contribution in [3.63, 3.8) is 0 Å². The number of hydrogen-bond donors (Lipinski definition) is 2. The molecule has 0 aliphatic heterocycles. The third-order valence-electron chi connectivity index (χ3n) is 2.49. The number of nitrogens with one attached hydrogen (secondary N) is 1. The molecule has 1 amide bonds. The van der Waals surface area contributed by atoms with Crippen LogP contribution in [0.2, 0.25) is 5.02 Å². The molecule has 1 aromatic carbocycles. The van der Waals surface area contributed by atoms with Gasteiger partial charge in [0.25, 0.3) is 5.91 Å². The Hall–Kier alpha value is -1.62. The largest absolute Gasteiger partial charge is 0.480 e. The normalized spacial score (nSPS) is 12.3. The topological polar surface area (TPSA) is 66.4 Å². The molecule has 6 heteroatoms. The molecule has 0 aliphatic carbocycles. The lowest BCUT2D eigenvalue weighted by Crippen LogP contribution is -2.41. The quantitative estimate of drug-likeness (QED) is 0.875. The van der Waals surface area contributed by atoms with E-state index >= 15 is 0 Å². The first-order valence-electron chi connectivity index (χ1n) is 5.80. The number of halogens is 2. The molecule has 0 heterocycles. The highest BCUT2D eigenvalue weighted by Crippen LogP contribution is 2.16. The summed E-state index contributed by atoms with van der Waals surface area (Å²) in [5.41, 5.74) is 0.126. The summed E-state index contributed by atoms with van der Waals surface area (Å²) in [4.78, 5) is 22.9. The summed E-state index contributed by atoms with van der Waals surface area (Å²) in [7, 11) is 0. The number of rotatable bonds is 5. The van der Waals surface area contributed by atoms with Gasteiger partial charge in [0.05, 0.1) is 5.02 Å². The Morgan fingerprint density at radius 2 is 2.05 bits per heavy atom. The van der Waals surface area contributed by atoms with E-state index in [1.807, 2.05) is 13.8 Å². The SMILES string of the molecule is CC(C)CC(NC(=O)c1ccc(F)c(Cl)c1)C(=O)O. The monoisotopic (exact) mass is 287 g/mol. The van der Waals surface area contributed by atoms with Gasteiger partial charge in [-0.25, -0.2) is 9.18 Å². The van der Waals surface area contributed by atoms with Crippen LogP contribution in [-0.4, -0.2) is 23.0 Å². The zero-order chi connectivity index (χ0) is 14.6. The van der Waals surface area contributed by atoms with Crippen LogP contribution in [0.15, 0.2) is 18.2 Å². The van der Waals surface area contributed by atoms with Gasteiger partial charge in [0, 0.05) is 5.56 Å². The molecule has 19 heavy (non-hydrogen) atoms. The van der Waals surface area contributed by atoms with E-state index in [9.17, 15) is 14.0 Å². The predicted molar refractivity (Wildman–Crippen MR) is 69.8 cm³/mol. The Morgan fingerprint density at radius 1 is 1.42 bits per heavy atom. The first-order chi connectivity index (χ1) is 8.81. The summed E-state index contributed by atoms with van der Waals surface area (Å²) in [6.45, 7) is 3.72. The molecule has 0 saturated carbocycles. The molecule has 0 aromatic heterocycles. The minimum Gasteiger partial charge on any atom is -0.480 e. The molecule has 0 radical (unpaired) electrons. The van der Waals surface area contributed by atoms with Crippen molar-refractivity contribution < 1.29 is 19.1 Å². The summed E-state index contributed by atoms with van der Waals surface area (Å²) in [5, 5.41) is 11.2. The van der Waals surface area contributed by atoms with E-state index in [0.29, 0.717) is 6.42 Å². The second-order valence-corrected chi connectivity index (χ2v) is 5.03. The van der Waals surface area contributed by atoms with Gasteiger partial charge in [-0.3, -0.25) is 4.79 Å². The molecule has 4 nitrogen and oxygen atoms in total. The first kappa shape index (κ1) is 15.4. The Kier molecular flexibility index (Phi) is 5.30. The van der Waals surface area contributed by atoms with E-state index in [0.717, 1.165) is 6.07 Å². The van der Waals surface area contributed by atoms with Crippen LogP contribution in [0.5, 0.6) is 0 Å². The number of carboxylic acids is 1. The molecule has 1 atom stereocenters.